The van der Waals surface area contributed by atoms with E-state index in [-0.39, 0.29) is 0 Å². The molecule has 1 heteroatoms. The van der Waals surface area contributed by atoms with Crippen LogP contribution < -0.4 is 4.57 Å². The van der Waals surface area contributed by atoms with E-state index in [1.807, 2.05) is 0 Å². The molecule has 0 radical (unpaired) electrons. The van der Waals surface area contributed by atoms with Gasteiger partial charge < -0.3 is 0 Å². The number of pyridine rings is 1. The number of nitrogens with zero attached hydrogens (tertiary/aromatic N) is 1. The smallest absolute Gasteiger partial charge is 0.181 e. The van der Waals surface area contributed by atoms with Crippen LogP contribution in [0.3, 0.4) is 0 Å². The molecule has 0 N–H and O–H groups in total. The molecule has 0 spiro atoms. The fourth-order valence-electron chi connectivity index (χ4n) is 2.63. The summed E-state index contributed by atoms with van der Waals surface area (Å²) in [4.78, 5) is 0. The summed E-state index contributed by atoms with van der Waals surface area (Å²) in [5.41, 5.74) is 5.55. The van der Waals surface area contributed by atoms with Crippen molar-refractivity contribution in [1.29, 1.82) is 0 Å². The minimum absolute atomic E-state index is 1.09. The summed E-state index contributed by atoms with van der Waals surface area (Å²) in [6.07, 6.45) is 3.37. The molecule has 0 fully saturated rings. The largest absolute Gasteiger partial charge is 0.200 e. The van der Waals surface area contributed by atoms with E-state index in [0.717, 1.165) is 19.4 Å². The maximum atomic E-state index is 2.49. The molecule has 1 heterocycles. The summed E-state index contributed by atoms with van der Waals surface area (Å²) in [6.45, 7) is 7.86. The summed E-state index contributed by atoms with van der Waals surface area (Å²) >= 11 is 0. The standard InChI is InChI=1S/C18H24N/c1-4-12-19-17(5-2)13-16(14-18(19)6-3)15-10-8-7-9-11-15/h7-11,13-14H,4-6,12H2,1-3H3/q+1. The van der Waals surface area contributed by atoms with Crippen LogP contribution in [-0.2, 0) is 19.4 Å². The van der Waals surface area contributed by atoms with Crippen molar-refractivity contribution < 1.29 is 4.57 Å². The predicted molar refractivity (Wildman–Crippen MR) is 81.1 cm³/mol. The molecule has 0 amide bonds. The number of hydrogen-bond donors (Lipinski definition) is 0. The van der Waals surface area contributed by atoms with E-state index in [0.29, 0.717) is 0 Å². The van der Waals surface area contributed by atoms with E-state index in [4.69, 9.17) is 0 Å². The highest BCUT2D eigenvalue weighted by Crippen LogP contribution is 2.20. The zero-order valence-electron chi connectivity index (χ0n) is 12.3. The topological polar surface area (TPSA) is 3.88 Å². The lowest BCUT2D eigenvalue weighted by atomic mass is 10.0. The molecule has 100 valence electrons. The van der Waals surface area contributed by atoms with Crippen LogP contribution in [0.1, 0.15) is 38.6 Å². The first-order valence-electron chi connectivity index (χ1n) is 7.41. The van der Waals surface area contributed by atoms with Gasteiger partial charge in [0.2, 0.25) is 0 Å². The van der Waals surface area contributed by atoms with Crippen LogP contribution in [-0.4, -0.2) is 0 Å². The summed E-state index contributed by atoms with van der Waals surface area (Å²) < 4.78 is 2.49. The lowest BCUT2D eigenvalue weighted by molar-refractivity contribution is -0.710. The van der Waals surface area contributed by atoms with Gasteiger partial charge in [-0.3, -0.25) is 0 Å². The van der Waals surface area contributed by atoms with E-state index in [1.54, 1.807) is 0 Å². The van der Waals surface area contributed by atoms with Gasteiger partial charge in [-0.05, 0) is 11.1 Å². The fraction of sp³-hybridized carbons (Fsp3) is 0.389. The van der Waals surface area contributed by atoms with Crippen molar-refractivity contribution in [3.8, 4) is 11.1 Å². The monoisotopic (exact) mass is 254 g/mol. The van der Waals surface area contributed by atoms with Crippen LogP contribution in [0.5, 0.6) is 0 Å². The van der Waals surface area contributed by atoms with Gasteiger partial charge in [0, 0.05) is 31.4 Å². The predicted octanol–water partition coefficient (Wildman–Crippen LogP) is 4.18. The molecular weight excluding hydrogens is 230 g/mol. The summed E-state index contributed by atoms with van der Waals surface area (Å²) in [5, 5.41) is 0. The molecule has 0 aliphatic rings. The Labute approximate surface area is 116 Å². The van der Waals surface area contributed by atoms with Gasteiger partial charge in [-0.1, -0.05) is 51.1 Å². The Kier molecular flexibility index (Phi) is 4.73. The minimum Gasteiger partial charge on any atom is -0.200 e. The average Bonchev–Trinajstić information content (AvgIpc) is 2.48. The van der Waals surface area contributed by atoms with Gasteiger partial charge in [0.15, 0.2) is 11.4 Å². The molecule has 0 aliphatic heterocycles. The third-order valence-corrected chi connectivity index (χ3v) is 3.62. The van der Waals surface area contributed by atoms with Gasteiger partial charge in [-0.2, -0.15) is 4.57 Å². The molecule has 1 nitrogen and oxygen atoms in total. The molecular formula is C18H24N+. The molecule has 0 saturated carbocycles. The van der Waals surface area contributed by atoms with Gasteiger partial charge in [0.25, 0.3) is 0 Å². The Balaban J connectivity index is 2.53. The number of hydrogen-bond acceptors (Lipinski definition) is 0. The first-order chi connectivity index (χ1) is 9.30. The summed E-state index contributed by atoms with van der Waals surface area (Å²) in [5.74, 6) is 0. The van der Waals surface area contributed by atoms with Crippen LogP contribution in [0, 0.1) is 0 Å². The average molecular weight is 254 g/mol. The van der Waals surface area contributed by atoms with Gasteiger partial charge in [-0.15, -0.1) is 0 Å². The first kappa shape index (κ1) is 13.8. The third kappa shape index (κ3) is 3.04. The van der Waals surface area contributed by atoms with E-state index < -0.39 is 0 Å². The summed E-state index contributed by atoms with van der Waals surface area (Å²) in [7, 11) is 0. The van der Waals surface area contributed by atoms with Crippen molar-refractivity contribution in [2.24, 2.45) is 0 Å². The maximum Gasteiger partial charge on any atom is 0.181 e. The quantitative estimate of drug-likeness (QED) is 0.705. The zero-order chi connectivity index (χ0) is 13.7. The van der Waals surface area contributed by atoms with E-state index in [1.165, 1.54) is 28.9 Å². The van der Waals surface area contributed by atoms with Crippen molar-refractivity contribution in [2.75, 3.05) is 0 Å². The summed E-state index contributed by atoms with van der Waals surface area (Å²) in [6, 6.07) is 15.4. The Bertz CT molecular complexity index is 504. The van der Waals surface area contributed by atoms with E-state index >= 15 is 0 Å². The van der Waals surface area contributed by atoms with Crippen molar-refractivity contribution in [3.05, 3.63) is 53.9 Å². The molecule has 2 aromatic rings. The minimum atomic E-state index is 1.09. The van der Waals surface area contributed by atoms with Crippen LogP contribution >= 0.6 is 0 Å². The molecule has 1 aromatic heterocycles. The highest BCUT2D eigenvalue weighted by molar-refractivity contribution is 5.63. The molecule has 0 aliphatic carbocycles. The highest BCUT2D eigenvalue weighted by Gasteiger charge is 2.16. The van der Waals surface area contributed by atoms with Gasteiger partial charge in [-0.25, -0.2) is 0 Å². The molecule has 0 saturated heterocycles. The lowest BCUT2D eigenvalue weighted by Crippen LogP contribution is -2.42. The van der Waals surface area contributed by atoms with Gasteiger partial charge in [0.05, 0.1) is 0 Å². The second-order valence-electron chi connectivity index (χ2n) is 4.95. The Morgan fingerprint density at radius 1 is 0.789 bits per heavy atom. The van der Waals surface area contributed by atoms with E-state index in [2.05, 4.69) is 67.8 Å². The Morgan fingerprint density at radius 2 is 1.37 bits per heavy atom. The Hall–Kier alpha value is -1.63. The van der Waals surface area contributed by atoms with Crippen molar-refractivity contribution in [2.45, 2.75) is 46.6 Å². The normalized spacial score (nSPS) is 10.7. The third-order valence-electron chi connectivity index (χ3n) is 3.62. The second-order valence-corrected chi connectivity index (χ2v) is 4.95. The lowest BCUT2D eigenvalue weighted by Gasteiger charge is -2.10. The van der Waals surface area contributed by atoms with Crippen LogP contribution in [0.15, 0.2) is 42.5 Å². The molecule has 2 rings (SSSR count). The maximum absolute atomic E-state index is 2.49. The van der Waals surface area contributed by atoms with Crippen LogP contribution in [0.2, 0.25) is 0 Å². The van der Waals surface area contributed by atoms with Gasteiger partial charge in [0.1, 0.15) is 6.54 Å². The molecule has 1 aromatic carbocycles. The van der Waals surface area contributed by atoms with Crippen LogP contribution in [0.4, 0.5) is 0 Å². The SMILES string of the molecule is CCC[n+]1c(CC)cc(-c2ccccc2)cc1CC. The fourth-order valence-corrected chi connectivity index (χ4v) is 2.63. The molecule has 19 heavy (non-hydrogen) atoms. The Morgan fingerprint density at radius 3 is 1.84 bits per heavy atom. The van der Waals surface area contributed by atoms with Crippen molar-refractivity contribution in [3.63, 3.8) is 0 Å². The number of aromatic nitrogens is 1. The molecule has 0 bridgehead atoms. The van der Waals surface area contributed by atoms with Crippen molar-refractivity contribution >= 4 is 0 Å². The molecule has 0 atom stereocenters. The van der Waals surface area contributed by atoms with Crippen molar-refractivity contribution in [1.82, 2.24) is 0 Å². The van der Waals surface area contributed by atoms with E-state index in [9.17, 15) is 0 Å². The highest BCUT2D eigenvalue weighted by atomic mass is 15.0. The number of aryl methyl sites for hydroxylation is 2. The second kappa shape index (κ2) is 6.51. The number of benzene rings is 1. The number of rotatable bonds is 5. The molecule has 0 unspecified atom stereocenters. The van der Waals surface area contributed by atoms with Gasteiger partial charge >= 0.3 is 0 Å². The zero-order valence-corrected chi connectivity index (χ0v) is 12.3. The van der Waals surface area contributed by atoms with Crippen LogP contribution in [0.25, 0.3) is 11.1 Å². The first-order valence-corrected chi connectivity index (χ1v) is 7.41.